The SMILES string of the molecule is CCOC(=O)COc1cccc(NC(=O)c2cc(OC)c(OCC)cc2[N+](=O)[O-])c1. The molecule has 0 aliphatic carbocycles. The molecule has 2 aromatic carbocycles. The summed E-state index contributed by atoms with van der Waals surface area (Å²) in [5.41, 5.74) is -0.298. The van der Waals surface area contributed by atoms with Crippen molar-refractivity contribution in [2.75, 3.05) is 32.2 Å². The maximum Gasteiger partial charge on any atom is 0.344 e. The first-order chi connectivity index (χ1) is 14.4. The zero-order chi connectivity index (χ0) is 22.1. The number of nitrogens with one attached hydrogen (secondary N) is 1. The molecule has 0 aliphatic heterocycles. The van der Waals surface area contributed by atoms with Crippen molar-refractivity contribution in [3.8, 4) is 17.2 Å². The third kappa shape index (κ3) is 5.84. The van der Waals surface area contributed by atoms with Crippen molar-refractivity contribution in [1.82, 2.24) is 0 Å². The lowest BCUT2D eigenvalue weighted by atomic mass is 10.1. The average molecular weight is 418 g/mol. The van der Waals surface area contributed by atoms with Crippen LogP contribution in [0.1, 0.15) is 24.2 Å². The molecule has 2 aromatic rings. The first-order valence-corrected chi connectivity index (χ1v) is 9.08. The predicted octanol–water partition coefficient (Wildman–Crippen LogP) is 3.20. The molecule has 30 heavy (non-hydrogen) atoms. The first-order valence-electron chi connectivity index (χ1n) is 9.08. The summed E-state index contributed by atoms with van der Waals surface area (Å²) in [6, 6.07) is 8.65. The molecule has 0 spiro atoms. The number of nitro groups is 1. The predicted molar refractivity (Wildman–Crippen MR) is 107 cm³/mol. The zero-order valence-electron chi connectivity index (χ0n) is 16.8. The van der Waals surface area contributed by atoms with E-state index >= 15 is 0 Å². The second-order valence-electron chi connectivity index (χ2n) is 5.79. The van der Waals surface area contributed by atoms with Crippen molar-refractivity contribution >= 4 is 23.3 Å². The largest absolute Gasteiger partial charge is 0.493 e. The van der Waals surface area contributed by atoms with Crippen LogP contribution in [0, 0.1) is 10.1 Å². The summed E-state index contributed by atoms with van der Waals surface area (Å²) >= 11 is 0. The van der Waals surface area contributed by atoms with Gasteiger partial charge in [0.15, 0.2) is 18.1 Å². The van der Waals surface area contributed by atoms with Crippen LogP contribution >= 0.6 is 0 Å². The number of nitrogens with zero attached hydrogens (tertiary/aromatic N) is 1. The van der Waals surface area contributed by atoms with Crippen molar-refractivity contribution in [3.63, 3.8) is 0 Å². The smallest absolute Gasteiger partial charge is 0.344 e. The van der Waals surface area contributed by atoms with Crippen LogP contribution in [0.3, 0.4) is 0 Å². The molecule has 0 saturated heterocycles. The van der Waals surface area contributed by atoms with Gasteiger partial charge < -0.3 is 24.3 Å². The minimum atomic E-state index is -0.717. The number of ether oxygens (including phenoxy) is 4. The van der Waals surface area contributed by atoms with Gasteiger partial charge in [-0.3, -0.25) is 14.9 Å². The summed E-state index contributed by atoms with van der Waals surface area (Å²) < 4.78 is 20.6. The molecule has 160 valence electrons. The number of methoxy groups -OCH3 is 1. The van der Waals surface area contributed by atoms with E-state index in [4.69, 9.17) is 18.9 Å². The topological polar surface area (TPSA) is 126 Å². The molecule has 2 rings (SSSR count). The number of amides is 1. The Balaban J connectivity index is 2.24. The molecular formula is C20H22N2O8. The quantitative estimate of drug-likeness (QED) is 0.354. The van der Waals surface area contributed by atoms with E-state index in [1.807, 2.05) is 0 Å². The van der Waals surface area contributed by atoms with Crippen molar-refractivity contribution < 1.29 is 33.5 Å². The lowest BCUT2D eigenvalue weighted by Crippen LogP contribution is -2.16. The number of rotatable bonds is 10. The molecule has 10 nitrogen and oxygen atoms in total. The third-order valence-electron chi connectivity index (χ3n) is 3.78. The minimum Gasteiger partial charge on any atom is -0.493 e. The maximum absolute atomic E-state index is 12.7. The highest BCUT2D eigenvalue weighted by molar-refractivity contribution is 6.07. The van der Waals surface area contributed by atoms with Crippen LogP contribution < -0.4 is 19.5 Å². The van der Waals surface area contributed by atoms with Gasteiger partial charge in [0.25, 0.3) is 11.6 Å². The van der Waals surface area contributed by atoms with Gasteiger partial charge in [0.1, 0.15) is 11.3 Å². The van der Waals surface area contributed by atoms with Gasteiger partial charge >= 0.3 is 5.97 Å². The van der Waals surface area contributed by atoms with Crippen molar-refractivity contribution in [2.45, 2.75) is 13.8 Å². The fourth-order valence-electron chi connectivity index (χ4n) is 2.52. The van der Waals surface area contributed by atoms with Gasteiger partial charge in [-0.15, -0.1) is 0 Å². The van der Waals surface area contributed by atoms with Gasteiger partial charge in [-0.05, 0) is 26.0 Å². The molecule has 0 atom stereocenters. The molecule has 0 heterocycles. The highest BCUT2D eigenvalue weighted by Crippen LogP contribution is 2.35. The molecule has 0 radical (unpaired) electrons. The van der Waals surface area contributed by atoms with E-state index in [1.165, 1.54) is 19.2 Å². The van der Waals surface area contributed by atoms with E-state index in [1.54, 1.807) is 32.0 Å². The van der Waals surface area contributed by atoms with E-state index in [2.05, 4.69) is 5.32 Å². The van der Waals surface area contributed by atoms with Gasteiger partial charge in [-0.1, -0.05) is 6.07 Å². The van der Waals surface area contributed by atoms with Crippen LogP contribution in [0.2, 0.25) is 0 Å². The van der Waals surface area contributed by atoms with E-state index in [-0.39, 0.29) is 36.9 Å². The molecule has 0 aliphatic rings. The van der Waals surface area contributed by atoms with Crippen molar-refractivity contribution in [2.24, 2.45) is 0 Å². The lowest BCUT2D eigenvalue weighted by molar-refractivity contribution is -0.385. The van der Waals surface area contributed by atoms with E-state index in [0.29, 0.717) is 11.4 Å². The molecule has 0 unspecified atom stereocenters. The number of nitro benzene ring substituents is 1. The summed E-state index contributed by atoms with van der Waals surface area (Å²) in [6.07, 6.45) is 0. The molecule has 0 bridgehead atoms. The van der Waals surface area contributed by atoms with E-state index in [9.17, 15) is 19.7 Å². The highest BCUT2D eigenvalue weighted by Gasteiger charge is 2.25. The number of carbonyl (C=O) groups excluding carboxylic acids is 2. The number of carbonyl (C=O) groups is 2. The van der Waals surface area contributed by atoms with Gasteiger partial charge in [0.05, 0.1) is 31.3 Å². The number of anilines is 1. The number of hydrogen-bond acceptors (Lipinski definition) is 8. The van der Waals surface area contributed by atoms with Gasteiger partial charge in [0.2, 0.25) is 0 Å². The Hall–Kier alpha value is -3.82. The molecule has 0 fully saturated rings. The summed E-state index contributed by atoms with van der Waals surface area (Å²) in [5.74, 6) is -0.564. The summed E-state index contributed by atoms with van der Waals surface area (Å²) in [4.78, 5) is 34.9. The molecule has 0 aromatic heterocycles. The zero-order valence-corrected chi connectivity index (χ0v) is 16.8. The average Bonchev–Trinajstić information content (AvgIpc) is 2.72. The normalized spacial score (nSPS) is 10.1. The third-order valence-corrected chi connectivity index (χ3v) is 3.78. The second-order valence-corrected chi connectivity index (χ2v) is 5.79. The van der Waals surface area contributed by atoms with Crippen LogP contribution in [0.4, 0.5) is 11.4 Å². The lowest BCUT2D eigenvalue weighted by Gasteiger charge is -2.12. The summed E-state index contributed by atoms with van der Waals surface area (Å²) in [7, 11) is 1.37. The van der Waals surface area contributed by atoms with Crippen LogP contribution in [0.25, 0.3) is 0 Å². The van der Waals surface area contributed by atoms with E-state index in [0.717, 1.165) is 6.07 Å². The molecule has 10 heteroatoms. The fraction of sp³-hybridized carbons (Fsp3) is 0.300. The van der Waals surface area contributed by atoms with E-state index < -0.39 is 22.5 Å². The Kier molecular flexibility index (Phi) is 7.98. The molecule has 1 N–H and O–H groups in total. The molecular weight excluding hydrogens is 396 g/mol. The van der Waals surface area contributed by atoms with Crippen LogP contribution in [0.15, 0.2) is 36.4 Å². The minimum absolute atomic E-state index is 0.164. The highest BCUT2D eigenvalue weighted by atomic mass is 16.6. The van der Waals surface area contributed by atoms with Gasteiger partial charge in [-0.25, -0.2) is 4.79 Å². The number of benzene rings is 2. The Morgan fingerprint density at radius 2 is 1.83 bits per heavy atom. The van der Waals surface area contributed by atoms with Crippen molar-refractivity contribution in [3.05, 3.63) is 52.1 Å². The first kappa shape index (κ1) is 22.5. The van der Waals surface area contributed by atoms with Gasteiger partial charge in [0, 0.05) is 17.8 Å². The van der Waals surface area contributed by atoms with Crippen LogP contribution in [0.5, 0.6) is 17.2 Å². The maximum atomic E-state index is 12.7. The van der Waals surface area contributed by atoms with Crippen LogP contribution in [-0.4, -0.2) is 43.7 Å². The Labute approximate surface area is 172 Å². The Bertz CT molecular complexity index is 929. The summed E-state index contributed by atoms with van der Waals surface area (Å²) in [5, 5.41) is 14.0. The fourth-order valence-corrected chi connectivity index (χ4v) is 2.52. The number of esters is 1. The standard InChI is InChI=1S/C20H22N2O8/c1-4-28-18-11-16(22(25)26)15(10-17(18)27-3)20(24)21-13-7-6-8-14(9-13)30-12-19(23)29-5-2/h6-11H,4-5,12H2,1-3H3,(H,21,24). The molecule has 1 amide bonds. The Morgan fingerprint density at radius 1 is 1.07 bits per heavy atom. The number of hydrogen-bond donors (Lipinski definition) is 1. The monoisotopic (exact) mass is 418 g/mol. The van der Waals surface area contributed by atoms with Crippen molar-refractivity contribution in [1.29, 1.82) is 0 Å². The van der Waals surface area contributed by atoms with Gasteiger partial charge in [-0.2, -0.15) is 0 Å². The van der Waals surface area contributed by atoms with Crippen LogP contribution in [-0.2, 0) is 9.53 Å². The second kappa shape index (κ2) is 10.6. The molecule has 0 saturated carbocycles. The Morgan fingerprint density at radius 3 is 2.47 bits per heavy atom. The summed E-state index contributed by atoms with van der Waals surface area (Å²) in [6.45, 7) is 3.64.